The summed E-state index contributed by atoms with van der Waals surface area (Å²) in [6.45, 7) is 5.38. The van der Waals surface area contributed by atoms with Crippen molar-refractivity contribution in [3.05, 3.63) is 59.2 Å². The van der Waals surface area contributed by atoms with Crippen molar-refractivity contribution in [2.24, 2.45) is 11.8 Å². The van der Waals surface area contributed by atoms with Crippen LogP contribution in [0.15, 0.2) is 36.7 Å². The highest BCUT2D eigenvalue weighted by atomic mass is 16.5. The quantitative estimate of drug-likeness (QED) is 0.575. The molecular weight excluding hydrogens is 406 g/mol. The Hall–Kier alpha value is -3.29. The van der Waals surface area contributed by atoms with E-state index in [2.05, 4.69) is 46.3 Å². The first-order chi connectivity index (χ1) is 15.5. The first-order valence-corrected chi connectivity index (χ1v) is 11.2. The molecule has 3 atom stereocenters. The number of esters is 1. The van der Waals surface area contributed by atoms with Crippen LogP contribution in [0.4, 0.5) is 0 Å². The molecule has 3 aromatic rings. The van der Waals surface area contributed by atoms with Crippen molar-refractivity contribution in [1.82, 2.24) is 24.5 Å². The number of nitrogens with zero attached hydrogens (tertiary/aromatic N) is 5. The third-order valence-corrected chi connectivity index (χ3v) is 6.80. The normalized spacial score (nSPS) is 22.3. The highest BCUT2D eigenvalue weighted by molar-refractivity contribution is 5.91. The number of rotatable bonds is 5. The number of benzene rings is 1. The van der Waals surface area contributed by atoms with Crippen LogP contribution in [0.3, 0.4) is 0 Å². The molecule has 0 bridgehead atoms. The first-order valence-electron chi connectivity index (χ1n) is 11.2. The van der Waals surface area contributed by atoms with Gasteiger partial charge in [-0.1, -0.05) is 24.3 Å². The van der Waals surface area contributed by atoms with Crippen LogP contribution in [0.25, 0.3) is 5.78 Å². The van der Waals surface area contributed by atoms with Gasteiger partial charge in [-0.25, -0.2) is 9.50 Å². The number of carbonyl (C=O) groups is 2. The molecule has 2 aliphatic rings. The van der Waals surface area contributed by atoms with Crippen molar-refractivity contribution in [3.8, 4) is 0 Å². The first kappa shape index (κ1) is 20.6. The van der Waals surface area contributed by atoms with Crippen LogP contribution in [0, 0.1) is 18.8 Å². The van der Waals surface area contributed by atoms with Gasteiger partial charge < -0.3 is 9.64 Å². The molecule has 5 rings (SSSR count). The van der Waals surface area contributed by atoms with Crippen molar-refractivity contribution in [2.45, 2.75) is 39.0 Å². The van der Waals surface area contributed by atoms with Crippen LogP contribution < -0.4 is 0 Å². The monoisotopic (exact) mass is 433 g/mol. The van der Waals surface area contributed by atoms with Gasteiger partial charge in [-0.15, -0.1) is 5.10 Å². The van der Waals surface area contributed by atoms with Crippen LogP contribution >= 0.6 is 0 Å². The van der Waals surface area contributed by atoms with E-state index in [1.807, 2.05) is 4.90 Å². The fraction of sp³-hybridized carbons (Fsp3) is 0.458. The molecule has 2 aromatic heterocycles. The summed E-state index contributed by atoms with van der Waals surface area (Å²) in [5, 5.41) is 4.37. The van der Waals surface area contributed by atoms with E-state index in [1.165, 1.54) is 22.6 Å². The number of aromatic nitrogens is 4. The molecule has 166 valence electrons. The second-order valence-electron chi connectivity index (χ2n) is 8.99. The van der Waals surface area contributed by atoms with Gasteiger partial charge in [-0.2, -0.15) is 4.98 Å². The maximum Gasteiger partial charge on any atom is 0.302 e. The van der Waals surface area contributed by atoms with Crippen molar-refractivity contribution in [1.29, 1.82) is 0 Å². The number of carbonyl (C=O) groups excluding carboxylic acids is 2. The number of amides is 1. The van der Waals surface area contributed by atoms with E-state index >= 15 is 0 Å². The highest BCUT2D eigenvalue weighted by Gasteiger charge is 2.43. The Kier molecular flexibility index (Phi) is 5.36. The zero-order chi connectivity index (χ0) is 22.2. The molecule has 0 spiro atoms. The fourth-order valence-corrected chi connectivity index (χ4v) is 5.26. The molecule has 1 aromatic carbocycles. The van der Waals surface area contributed by atoms with Crippen LogP contribution in [-0.2, 0) is 16.0 Å². The lowest BCUT2D eigenvalue weighted by Crippen LogP contribution is -2.30. The molecule has 32 heavy (non-hydrogen) atoms. The molecule has 2 fully saturated rings. The molecule has 1 amide bonds. The van der Waals surface area contributed by atoms with E-state index in [1.54, 1.807) is 12.4 Å². The van der Waals surface area contributed by atoms with Gasteiger partial charge in [0.1, 0.15) is 0 Å². The van der Waals surface area contributed by atoms with Gasteiger partial charge >= 0.3 is 5.97 Å². The summed E-state index contributed by atoms with van der Waals surface area (Å²) in [6.07, 6.45) is 6.24. The summed E-state index contributed by atoms with van der Waals surface area (Å²) in [5.74, 6) is 1.80. The van der Waals surface area contributed by atoms with E-state index < -0.39 is 0 Å². The van der Waals surface area contributed by atoms with Gasteiger partial charge in [-0.05, 0) is 54.2 Å². The summed E-state index contributed by atoms with van der Waals surface area (Å²) >= 11 is 0. The molecule has 1 saturated heterocycles. The van der Waals surface area contributed by atoms with Crippen LogP contribution in [0.5, 0.6) is 0 Å². The largest absolute Gasteiger partial charge is 0.466 e. The van der Waals surface area contributed by atoms with E-state index in [0.717, 1.165) is 31.5 Å². The Morgan fingerprint density at radius 3 is 2.62 bits per heavy atom. The standard InChI is InChI=1S/C24H27N5O3/c1-15-5-3-4-6-21(15)18-9-19-13-28(14-20(19)10-18)23(31)22-26-24-25-11-17(12-29(24)27-22)7-8-32-16(2)30/h3-6,11-12,18-20H,7-10,13-14H2,1-2H3/t18?,19-,20+. The summed E-state index contributed by atoms with van der Waals surface area (Å²) in [5.41, 5.74) is 3.68. The third-order valence-electron chi connectivity index (χ3n) is 6.80. The second-order valence-corrected chi connectivity index (χ2v) is 8.99. The van der Waals surface area contributed by atoms with Crippen molar-refractivity contribution >= 4 is 17.7 Å². The Bertz CT molecular complexity index is 1160. The van der Waals surface area contributed by atoms with Crippen molar-refractivity contribution in [3.63, 3.8) is 0 Å². The zero-order valence-electron chi connectivity index (χ0n) is 18.4. The Morgan fingerprint density at radius 1 is 1.16 bits per heavy atom. The fourth-order valence-electron chi connectivity index (χ4n) is 5.26. The minimum Gasteiger partial charge on any atom is -0.466 e. The summed E-state index contributed by atoms with van der Waals surface area (Å²) < 4.78 is 6.50. The Balaban J connectivity index is 1.24. The van der Waals surface area contributed by atoms with Crippen LogP contribution in [0.1, 0.15) is 53.0 Å². The molecule has 1 unspecified atom stereocenters. The molecular formula is C24H27N5O3. The molecule has 3 heterocycles. The third kappa shape index (κ3) is 3.97. The minimum atomic E-state index is -0.312. The molecule has 1 aliphatic heterocycles. The van der Waals surface area contributed by atoms with E-state index in [0.29, 0.717) is 30.0 Å². The average molecular weight is 434 g/mol. The Morgan fingerprint density at radius 2 is 1.91 bits per heavy atom. The summed E-state index contributed by atoms with van der Waals surface area (Å²) in [4.78, 5) is 34.5. The smallest absolute Gasteiger partial charge is 0.302 e. The summed E-state index contributed by atoms with van der Waals surface area (Å²) in [7, 11) is 0. The molecule has 8 heteroatoms. The zero-order valence-corrected chi connectivity index (χ0v) is 18.4. The van der Waals surface area contributed by atoms with Gasteiger partial charge in [0.15, 0.2) is 0 Å². The number of likely N-dealkylation sites (tertiary alicyclic amines) is 1. The van der Waals surface area contributed by atoms with E-state index in [4.69, 9.17) is 4.74 Å². The van der Waals surface area contributed by atoms with Crippen LogP contribution in [0.2, 0.25) is 0 Å². The minimum absolute atomic E-state index is 0.126. The maximum atomic E-state index is 13.1. The van der Waals surface area contributed by atoms with E-state index in [9.17, 15) is 9.59 Å². The van der Waals surface area contributed by atoms with Gasteiger partial charge in [0.25, 0.3) is 11.7 Å². The van der Waals surface area contributed by atoms with Crippen molar-refractivity contribution < 1.29 is 14.3 Å². The topological polar surface area (TPSA) is 89.7 Å². The number of hydrogen-bond donors (Lipinski definition) is 0. The van der Waals surface area contributed by atoms with Gasteiger partial charge in [-0.3, -0.25) is 9.59 Å². The predicted molar refractivity (Wildman–Crippen MR) is 117 cm³/mol. The number of aryl methyl sites for hydroxylation is 1. The lowest BCUT2D eigenvalue weighted by atomic mass is 9.92. The second kappa shape index (κ2) is 8.33. The van der Waals surface area contributed by atoms with Gasteiger partial charge in [0.2, 0.25) is 5.82 Å². The SMILES string of the molecule is CC(=O)OCCc1cnc2nc(C(=O)N3C[C@H]4CC(c5ccccc5C)C[C@H]4C3)nn2c1. The van der Waals surface area contributed by atoms with E-state index in [-0.39, 0.29) is 24.3 Å². The summed E-state index contributed by atoms with van der Waals surface area (Å²) in [6, 6.07) is 8.65. The number of ether oxygens (including phenoxy) is 1. The average Bonchev–Trinajstić information content (AvgIpc) is 3.46. The molecule has 0 N–H and O–H groups in total. The molecule has 1 aliphatic carbocycles. The van der Waals surface area contributed by atoms with Crippen LogP contribution in [-0.4, -0.2) is 56.1 Å². The lowest BCUT2D eigenvalue weighted by Gasteiger charge is -2.19. The molecule has 8 nitrogen and oxygen atoms in total. The van der Waals surface area contributed by atoms with Gasteiger partial charge in [0.05, 0.1) is 6.61 Å². The van der Waals surface area contributed by atoms with Crippen molar-refractivity contribution in [2.75, 3.05) is 19.7 Å². The lowest BCUT2D eigenvalue weighted by molar-refractivity contribution is -0.140. The predicted octanol–water partition coefficient (Wildman–Crippen LogP) is 2.80. The number of hydrogen-bond acceptors (Lipinski definition) is 6. The molecule has 1 saturated carbocycles. The molecule has 0 radical (unpaired) electrons. The highest BCUT2D eigenvalue weighted by Crippen LogP contribution is 2.47. The Labute approximate surface area is 186 Å². The van der Waals surface area contributed by atoms with Gasteiger partial charge in [0, 0.05) is 38.8 Å². The number of fused-ring (bicyclic) bond motifs is 2. The maximum absolute atomic E-state index is 13.1.